The molecule has 274 valence electrons. The van der Waals surface area contributed by atoms with Crippen LogP contribution in [0.2, 0.25) is 0 Å². The summed E-state index contributed by atoms with van der Waals surface area (Å²) < 4.78 is 6.52. The minimum absolute atomic E-state index is 0.0883. The largest absolute Gasteiger partial charge is 0.461 e. The van der Waals surface area contributed by atoms with Gasteiger partial charge in [0, 0.05) is 61.8 Å². The van der Waals surface area contributed by atoms with E-state index in [1.807, 2.05) is 48.5 Å². The van der Waals surface area contributed by atoms with Gasteiger partial charge >= 0.3 is 5.97 Å². The molecule has 0 spiro atoms. The van der Waals surface area contributed by atoms with Gasteiger partial charge in [-0.3, -0.25) is 14.4 Å². The molecule has 9 nitrogen and oxygen atoms in total. The van der Waals surface area contributed by atoms with Gasteiger partial charge in [-0.1, -0.05) is 64.1 Å². The second-order valence-corrected chi connectivity index (χ2v) is 17.2. The number of nitrogens with zero attached hydrogens (tertiary/aromatic N) is 1. The van der Waals surface area contributed by atoms with Gasteiger partial charge in [0.05, 0.1) is 17.9 Å². The smallest absolute Gasteiger partial charge is 0.316 e. The van der Waals surface area contributed by atoms with Gasteiger partial charge in [-0.25, -0.2) is 0 Å². The highest BCUT2D eigenvalue weighted by atomic mass is 32.2. The van der Waals surface area contributed by atoms with Crippen LogP contribution in [0.1, 0.15) is 76.5 Å². The lowest BCUT2D eigenvalue weighted by molar-refractivity contribution is -0.210. The molecule has 0 aliphatic heterocycles. The fourth-order valence-corrected chi connectivity index (χ4v) is 10.2. The summed E-state index contributed by atoms with van der Waals surface area (Å²) in [5, 5.41) is 15.9. The van der Waals surface area contributed by atoms with Crippen molar-refractivity contribution in [3.63, 3.8) is 0 Å². The van der Waals surface area contributed by atoms with Crippen molar-refractivity contribution in [3.8, 4) is 0 Å². The lowest BCUT2D eigenvalue weighted by Crippen LogP contribution is -2.64. The van der Waals surface area contributed by atoms with Crippen LogP contribution in [0.25, 0.3) is 0 Å². The van der Waals surface area contributed by atoms with E-state index in [1.165, 1.54) is 16.7 Å². The van der Waals surface area contributed by atoms with Crippen LogP contribution in [0.3, 0.4) is 0 Å². The molecule has 0 heterocycles. The van der Waals surface area contributed by atoms with E-state index in [-0.39, 0.29) is 46.6 Å². The Morgan fingerprint density at radius 3 is 2.32 bits per heavy atom. The van der Waals surface area contributed by atoms with E-state index in [0.717, 1.165) is 40.8 Å². The molecular weight excluding hydrogens is 649 g/mol. The number of nitrogens with one attached hydrogen (secondary N) is 1. The Labute approximate surface area is 302 Å². The van der Waals surface area contributed by atoms with Crippen molar-refractivity contribution in [1.29, 1.82) is 0 Å². The zero-order valence-corrected chi connectivity index (χ0v) is 31.6. The fourth-order valence-electron chi connectivity index (χ4n) is 9.55. The Morgan fingerprint density at radius 2 is 1.68 bits per heavy atom. The van der Waals surface area contributed by atoms with E-state index in [2.05, 4.69) is 33.0 Å². The highest BCUT2D eigenvalue weighted by Gasteiger charge is 2.68. The summed E-state index contributed by atoms with van der Waals surface area (Å²) in [6.07, 6.45) is 2.80. The molecule has 0 aromatic heterocycles. The molecule has 6 N–H and O–H groups in total. The number of thioether (sulfide) groups is 1. The van der Waals surface area contributed by atoms with Crippen molar-refractivity contribution in [2.45, 2.75) is 102 Å². The second-order valence-electron chi connectivity index (χ2n) is 16.1. The van der Waals surface area contributed by atoms with E-state index in [4.69, 9.17) is 16.2 Å². The van der Waals surface area contributed by atoms with Crippen molar-refractivity contribution in [2.75, 3.05) is 26.4 Å². The number of hydrogen-bond acceptors (Lipinski definition) is 9. The van der Waals surface area contributed by atoms with Crippen molar-refractivity contribution in [1.82, 2.24) is 10.2 Å². The number of ketones is 1. The molecule has 9 atom stereocenters. The van der Waals surface area contributed by atoms with Crippen molar-refractivity contribution >= 4 is 29.4 Å². The number of likely N-dealkylation sites (N-methyl/N-ethyl adjacent to an activating group) is 1. The zero-order chi connectivity index (χ0) is 36.4. The average Bonchev–Trinajstić information content (AvgIpc) is 3.46. The first-order chi connectivity index (χ1) is 23.6. The van der Waals surface area contributed by atoms with Crippen LogP contribution < -0.4 is 16.8 Å². The van der Waals surface area contributed by atoms with Crippen LogP contribution in [0.4, 0.5) is 0 Å². The first-order valence-electron chi connectivity index (χ1n) is 18.2. The molecule has 1 unspecified atom stereocenters. The Bertz CT molecular complexity index is 1520. The molecule has 2 aromatic rings. The number of rotatable bonds is 12. The zero-order valence-electron chi connectivity index (χ0n) is 30.7. The molecule has 0 saturated heterocycles. The van der Waals surface area contributed by atoms with Crippen LogP contribution in [0, 0.1) is 34.0 Å². The maximum atomic E-state index is 13.8. The minimum Gasteiger partial charge on any atom is -0.461 e. The van der Waals surface area contributed by atoms with Gasteiger partial charge in [-0.05, 0) is 78.2 Å². The third kappa shape index (κ3) is 7.56. The molecule has 2 bridgehead atoms. The van der Waals surface area contributed by atoms with E-state index in [1.54, 1.807) is 14.1 Å². The number of esters is 1. The van der Waals surface area contributed by atoms with Gasteiger partial charge in [0.1, 0.15) is 11.9 Å². The van der Waals surface area contributed by atoms with Gasteiger partial charge in [-0.2, -0.15) is 0 Å². The predicted octanol–water partition coefficient (Wildman–Crippen LogP) is 4.71. The summed E-state index contributed by atoms with van der Waals surface area (Å²) in [6, 6.07) is 15.4. The number of nitrogens with two attached hydrogens (primary N) is 2. The van der Waals surface area contributed by atoms with Crippen LogP contribution in [-0.4, -0.2) is 72.3 Å². The quantitative estimate of drug-likeness (QED) is 0.182. The Hall–Kier alpha value is -2.76. The third-order valence-electron chi connectivity index (χ3n) is 12.8. The van der Waals surface area contributed by atoms with Gasteiger partial charge in [-0.15, -0.1) is 11.8 Å². The van der Waals surface area contributed by atoms with E-state index in [9.17, 15) is 19.5 Å². The number of carbonyl (C=O) groups is 3. The fraction of sp³-hybridized carbons (Fsp3) is 0.625. The molecule has 10 heteroatoms. The molecule has 3 aliphatic carbocycles. The van der Waals surface area contributed by atoms with Crippen LogP contribution in [-0.2, 0) is 38.6 Å². The van der Waals surface area contributed by atoms with Crippen molar-refractivity contribution < 1.29 is 24.2 Å². The van der Waals surface area contributed by atoms with Gasteiger partial charge < -0.3 is 31.5 Å². The van der Waals surface area contributed by atoms with E-state index in [0.29, 0.717) is 38.9 Å². The molecule has 5 rings (SSSR count). The molecule has 0 radical (unpaired) electrons. The second kappa shape index (κ2) is 15.5. The highest BCUT2D eigenvalue weighted by Crippen LogP contribution is 2.67. The topological polar surface area (TPSA) is 148 Å². The minimum atomic E-state index is -0.698. The van der Waals surface area contributed by atoms with Gasteiger partial charge in [0.15, 0.2) is 0 Å². The molecular formula is C40H58N4O5S. The Balaban J connectivity index is 1.35. The summed E-state index contributed by atoms with van der Waals surface area (Å²) in [4.78, 5) is 42.2. The predicted molar refractivity (Wildman–Crippen MR) is 198 cm³/mol. The van der Waals surface area contributed by atoms with Crippen molar-refractivity contribution in [3.05, 3.63) is 65.2 Å². The molecule has 1 amide bonds. The average molecular weight is 707 g/mol. The Morgan fingerprint density at radius 1 is 1.04 bits per heavy atom. The monoisotopic (exact) mass is 706 g/mol. The summed E-state index contributed by atoms with van der Waals surface area (Å²) in [5.41, 5.74) is 13.5. The first kappa shape index (κ1) is 38.5. The molecule has 2 aromatic carbocycles. The summed E-state index contributed by atoms with van der Waals surface area (Å²) in [7, 11) is 3.42. The number of aliphatic hydroxyl groups is 1. The molecule has 50 heavy (non-hydrogen) atoms. The molecule has 3 aliphatic rings. The third-order valence-corrected chi connectivity index (χ3v) is 13.8. The maximum Gasteiger partial charge on any atom is 0.316 e. The lowest BCUT2D eigenvalue weighted by atomic mass is 9.44. The molecule has 3 saturated carbocycles. The number of carbonyl (C=O) groups excluding carboxylic acids is 3. The van der Waals surface area contributed by atoms with E-state index >= 15 is 0 Å². The first-order valence-corrected chi connectivity index (χ1v) is 19.2. The number of Topliss-reactive ketones (excluding diaryl/α,β-unsaturated/α-hetero) is 1. The standard InChI is InChI=1S/C40H58N4O5S/c1-25-15-17-40-18-16-32(45)35(40)39(25,4)33(49-34(46)23-50-30-13-11-28(21-41)12-14-30)20-38(3,36(47)26(40)2)24-43-22-29-9-7-27(8-10-29)19-31(42)37(48)44(5)6/h7-14,25-26,31,33,35-36,43,47H,15-24,41-42H2,1-6H3/t25-,26+,31?,33-,35+,36+,38-,39+,40+/m1/s1. The van der Waals surface area contributed by atoms with Crippen LogP contribution >= 0.6 is 11.8 Å². The maximum absolute atomic E-state index is 13.8. The number of amides is 1. The number of hydrogen-bond donors (Lipinski definition) is 4. The lowest BCUT2D eigenvalue weighted by Gasteiger charge is -2.62. The van der Waals surface area contributed by atoms with Crippen molar-refractivity contribution in [2.24, 2.45) is 45.5 Å². The van der Waals surface area contributed by atoms with Gasteiger partial charge in [0.25, 0.3) is 0 Å². The number of ether oxygens (including phenoxy) is 1. The van der Waals surface area contributed by atoms with Crippen LogP contribution in [0.5, 0.6) is 0 Å². The summed E-state index contributed by atoms with van der Waals surface area (Å²) in [6.45, 7) is 10.2. The number of benzene rings is 2. The summed E-state index contributed by atoms with van der Waals surface area (Å²) in [5.74, 6) is -0.156. The van der Waals surface area contributed by atoms with Crippen LogP contribution in [0.15, 0.2) is 53.4 Å². The van der Waals surface area contributed by atoms with Gasteiger partial charge in [0.2, 0.25) is 5.91 Å². The van der Waals surface area contributed by atoms with E-state index < -0.39 is 29.1 Å². The SMILES string of the molecule is C[C@@H]1CC[C@@]23CCC(=O)[C@H]2[C@]1(C)[C@H](OC(=O)CSc1ccc(CN)cc1)C[C@](C)(CNCc1ccc(CC(N)C(=O)N(C)C)cc1)[C@@H](O)[C@@H]3C. The highest BCUT2D eigenvalue weighted by molar-refractivity contribution is 8.00. The normalized spacial score (nSPS) is 32.8. The Kier molecular flexibility index (Phi) is 11.9. The summed E-state index contributed by atoms with van der Waals surface area (Å²) >= 11 is 1.44. The number of aliphatic hydroxyl groups excluding tert-OH is 1. The molecule has 3 fully saturated rings.